The van der Waals surface area contributed by atoms with E-state index in [1.165, 1.54) is 57.2 Å². The number of likely N-dealkylation sites (tertiary alicyclic amines) is 1. The van der Waals surface area contributed by atoms with Gasteiger partial charge in [0.1, 0.15) is 21.3 Å². The van der Waals surface area contributed by atoms with Gasteiger partial charge in [-0.2, -0.15) is 14.7 Å². The van der Waals surface area contributed by atoms with Crippen molar-refractivity contribution in [1.29, 1.82) is 0 Å². The highest BCUT2D eigenvalue weighted by atomic mass is 35.5. The number of anilines is 2. The molecule has 1 aromatic carbocycles. The summed E-state index contributed by atoms with van der Waals surface area (Å²) >= 11 is 18.0. The van der Waals surface area contributed by atoms with Crippen molar-refractivity contribution in [3.63, 3.8) is 0 Å². The summed E-state index contributed by atoms with van der Waals surface area (Å²) in [6.07, 6.45) is 7.53. The zero-order valence-electron chi connectivity index (χ0n) is 21.9. The van der Waals surface area contributed by atoms with Crippen LogP contribution in [0.3, 0.4) is 0 Å². The molecule has 0 bridgehead atoms. The molecule has 1 saturated heterocycles. The minimum absolute atomic E-state index is 0.407. The van der Waals surface area contributed by atoms with Crippen LogP contribution in [0.2, 0.25) is 15.5 Å². The Hall–Kier alpha value is -2.91. The Morgan fingerprint density at radius 3 is 1.93 bits per heavy atom. The molecule has 3 aliphatic rings. The number of hydrogen-bond acceptors (Lipinski definition) is 6. The fraction of sp³-hybridized carbons (Fsp3) is 0.379. The molecule has 206 valence electrons. The lowest BCUT2D eigenvalue weighted by Gasteiger charge is -2.15. The van der Waals surface area contributed by atoms with Gasteiger partial charge in [0.25, 0.3) is 0 Å². The van der Waals surface area contributed by atoms with Crippen LogP contribution in [0.5, 0.6) is 0 Å². The van der Waals surface area contributed by atoms with Crippen LogP contribution < -0.4 is 5.32 Å². The number of nitrogens with zero attached hydrogens (tertiary/aromatic N) is 7. The standard InChI is InChI=1S/C20H22ClN5.C9H7Cl2N3/c21-18-12-20(26-19(23-18)11-17(24-26)15-5-6-15)22-16-7-3-14(4-8-16)13-25-9-1-2-10-25;10-7-4-8(11)14-9(12-7)3-6(13-14)5-1-2-5/h3-4,7-8,11-12,15,22H,1-2,5-6,9-10,13H2;3-5H,1-2H2. The Labute approximate surface area is 247 Å². The molecule has 0 atom stereocenters. The van der Waals surface area contributed by atoms with E-state index in [0.717, 1.165) is 40.7 Å². The zero-order valence-corrected chi connectivity index (χ0v) is 24.2. The van der Waals surface area contributed by atoms with Crippen LogP contribution in [-0.2, 0) is 6.54 Å². The predicted molar refractivity (Wildman–Crippen MR) is 159 cm³/mol. The number of aromatic nitrogens is 6. The first kappa shape index (κ1) is 26.0. The molecule has 0 spiro atoms. The molecule has 4 aromatic heterocycles. The lowest BCUT2D eigenvalue weighted by atomic mass is 10.2. The highest BCUT2D eigenvalue weighted by Crippen LogP contribution is 2.40. The van der Waals surface area contributed by atoms with E-state index in [-0.39, 0.29) is 0 Å². The number of fused-ring (bicyclic) bond motifs is 2. The Bertz CT molecular complexity index is 1660. The summed E-state index contributed by atoms with van der Waals surface area (Å²) in [6.45, 7) is 3.47. The van der Waals surface area contributed by atoms with Gasteiger partial charge in [-0.25, -0.2) is 14.5 Å². The lowest BCUT2D eigenvalue weighted by molar-refractivity contribution is 0.331. The van der Waals surface area contributed by atoms with E-state index < -0.39 is 0 Å². The molecule has 0 unspecified atom stereocenters. The summed E-state index contributed by atoms with van der Waals surface area (Å²) in [5, 5.41) is 13.9. The third kappa shape index (κ3) is 5.77. The van der Waals surface area contributed by atoms with Gasteiger partial charge in [0.15, 0.2) is 11.3 Å². The SMILES string of the molecule is Clc1cc(Cl)n2nc(C3CC3)cc2n1.Clc1cc(Nc2ccc(CN3CCCC3)cc2)n2nc(C3CC3)cc2n1. The molecular weight excluding hydrogens is 567 g/mol. The second-order valence-electron chi connectivity index (χ2n) is 10.9. The quantitative estimate of drug-likeness (QED) is 0.205. The lowest BCUT2D eigenvalue weighted by Crippen LogP contribution is -2.18. The van der Waals surface area contributed by atoms with Crippen LogP contribution in [0.4, 0.5) is 11.5 Å². The van der Waals surface area contributed by atoms with Gasteiger partial charge in [-0.1, -0.05) is 46.9 Å². The van der Waals surface area contributed by atoms with Crippen molar-refractivity contribution in [3.8, 4) is 0 Å². The minimum atomic E-state index is 0.407. The highest BCUT2D eigenvalue weighted by Gasteiger charge is 2.28. The van der Waals surface area contributed by atoms with Gasteiger partial charge in [-0.15, -0.1) is 0 Å². The highest BCUT2D eigenvalue weighted by molar-refractivity contribution is 6.33. The molecule has 40 heavy (non-hydrogen) atoms. The molecule has 8 nitrogen and oxygen atoms in total. The van der Waals surface area contributed by atoms with Crippen LogP contribution in [0.15, 0.2) is 48.5 Å². The second kappa shape index (κ2) is 10.8. The van der Waals surface area contributed by atoms with Gasteiger partial charge in [0.05, 0.1) is 11.4 Å². The molecule has 1 N–H and O–H groups in total. The Morgan fingerprint density at radius 2 is 1.30 bits per heavy atom. The van der Waals surface area contributed by atoms with E-state index in [1.807, 2.05) is 22.7 Å². The van der Waals surface area contributed by atoms with Crippen molar-refractivity contribution in [2.45, 2.75) is 56.9 Å². The summed E-state index contributed by atoms with van der Waals surface area (Å²) in [5.74, 6) is 2.04. The van der Waals surface area contributed by atoms with E-state index in [9.17, 15) is 0 Å². The van der Waals surface area contributed by atoms with Crippen LogP contribution in [0.25, 0.3) is 11.3 Å². The molecule has 0 radical (unpaired) electrons. The summed E-state index contributed by atoms with van der Waals surface area (Å²) in [4.78, 5) is 11.1. The molecular formula is C29H29Cl3N8. The number of rotatable bonds is 6. The monoisotopic (exact) mass is 594 g/mol. The third-order valence-electron chi connectivity index (χ3n) is 7.61. The molecule has 0 amide bonds. The molecule has 2 saturated carbocycles. The summed E-state index contributed by atoms with van der Waals surface area (Å²) in [7, 11) is 0. The van der Waals surface area contributed by atoms with Gasteiger partial charge >= 0.3 is 0 Å². The third-order valence-corrected chi connectivity index (χ3v) is 8.27. The van der Waals surface area contributed by atoms with Crippen molar-refractivity contribution in [3.05, 3.63) is 80.9 Å². The van der Waals surface area contributed by atoms with E-state index in [4.69, 9.17) is 39.9 Å². The van der Waals surface area contributed by atoms with Crippen LogP contribution in [0.1, 0.15) is 67.3 Å². The first-order valence-electron chi connectivity index (χ1n) is 13.8. The van der Waals surface area contributed by atoms with Gasteiger partial charge < -0.3 is 5.32 Å². The fourth-order valence-corrected chi connectivity index (χ4v) is 5.84. The number of benzene rings is 1. The van der Waals surface area contributed by atoms with Crippen molar-refractivity contribution in [1.82, 2.24) is 34.1 Å². The Kier molecular flexibility index (Phi) is 7.04. The van der Waals surface area contributed by atoms with Gasteiger partial charge in [0.2, 0.25) is 0 Å². The average Bonchev–Trinajstić information content (AvgIpc) is 3.82. The first-order chi connectivity index (χ1) is 19.5. The molecule has 2 aliphatic carbocycles. The summed E-state index contributed by atoms with van der Waals surface area (Å²) in [6, 6.07) is 16.1. The maximum Gasteiger partial charge on any atom is 0.159 e. The van der Waals surface area contributed by atoms with Gasteiger partial charge in [0, 0.05) is 48.3 Å². The Balaban J connectivity index is 0.000000159. The van der Waals surface area contributed by atoms with Crippen molar-refractivity contribution in [2.24, 2.45) is 0 Å². The largest absolute Gasteiger partial charge is 0.340 e. The second-order valence-corrected chi connectivity index (χ2v) is 12.1. The number of halogens is 3. The minimum Gasteiger partial charge on any atom is -0.340 e. The van der Waals surface area contributed by atoms with Crippen LogP contribution in [-0.4, -0.2) is 47.2 Å². The van der Waals surface area contributed by atoms with E-state index in [1.54, 1.807) is 10.6 Å². The van der Waals surface area contributed by atoms with Gasteiger partial charge in [-0.3, -0.25) is 4.90 Å². The van der Waals surface area contributed by atoms with E-state index in [0.29, 0.717) is 27.3 Å². The molecule has 5 heterocycles. The first-order valence-corrected chi connectivity index (χ1v) is 15.0. The van der Waals surface area contributed by atoms with E-state index >= 15 is 0 Å². The van der Waals surface area contributed by atoms with Crippen LogP contribution >= 0.6 is 34.8 Å². The molecule has 5 aromatic rings. The molecule has 3 fully saturated rings. The maximum absolute atomic E-state index is 6.22. The topological polar surface area (TPSA) is 75.7 Å². The van der Waals surface area contributed by atoms with Crippen molar-refractivity contribution in [2.75, 3.05) is 18.4 Å². The van der Waals surface area contributed by atoms with Gasteiger partial charge in [-0.05, 0) is 69.3 Å². The fourth-order valence-electron chi connectivity index (χ4n) is 5.18. The maximum atomic E-state index is 6.22. The summed E-state index contributed by atoms with van der Waals surface area (Å²) < 4.78 is 3.48. The zero-order chi connectivity index (χ0) is 27.2. The average molecular weight is 596 g/mol. The normalized spacial score (nSPS) is 17.4. The van der Waals surface area contributed by atoms with Crippen molar-refractivity contribution < 1.29 is 0 Å². The molecule has 11 heteroatoms. The Morgan fingerprint density at radius 1 is 0.725 bits per heavy atom. The predicted octanol–water partition coefficient (Wildman–Crippen LogP) is 7.51. The van der Waals surface area contributed by atoms with E-state index in [2.05, 4.69) is 49.5 Å². The number of nitrogens with one attached hydrogen (secondary N) is 1. The summed E-state index contributed by atoms with van der Waals surface area (Å²) in [5.41, 5.74) is 6.09. The molecule has 8 rings (SSSR count). The van der Waals surface area contributed by atoms with Crippen molar-refractivity contribution >= 4 is 57.6 Å². The molecule has 1 aliphatic heterocycles. The number of hydrogen-bond donors (Lipinski definition) is 1. The smallest absolute Gasteiger partial charge is 0.159 e. The van der Waals surface area contributed by atoms with Crippen LogP contribution in [0, 0.1) is 0 Å².